The predicted octanol–water partition coefficient (Wildman–Crippen LogP) is 4.11. The van der Waals surface area contributed by atoms with Crippen LogP contribution in [-0.2, 0) is 11.9 Å². The lowest BCUT2D eigenvalue weighted by Crippen LogP contribution is -2.06. The summed E-state index contributed by atoms with van der Waals surface area (Å²) in [6.07, 6.45) is -3.50. The first-order valence-electron chi connectivity index (χ1n) is 8.49. The van der Waals surface area contributed by atoms with Crippen LogP contribution in [0.2, 0.25) is 0 Å². The number of pyridine rings is 1. The van der Waals surface area contributed by atoms with Gasteiger partial charge in [-0.2, -0.15) is 18.2 Å². The number of hydrogen-bond acceptors (Lipinski definition) is 8. The summed E-state index contributed by atoms with van der Waals surface area (Å²) in [7, 11) is 3.06. The minimum atomic E-state index is -4.46. The number of benzene rings is 1. The van der Waals surface area contributed by atoms with Crippen molar-refractivity contribution in [1.29, 1.82) is 0 Å². The van der Waals surface area contributed by atoms with Gasteiger partial charge in [-0.05, 0) is 30.3 Å². The van der Waals surface area contributed by atoms with Gasteiger partial charge in [0.05, 0.1) is 25.5 Å². The number of ether oxygens (including phenoxy) is 2. The predicted molar refractivity (Wildman–Crippen MR) is 100 cm³/mol. The third-order valence-electron chi connectivity index (χ3n) is 4.13. The number of rotatable bonds is 6. The monoisotopic (exact) mass is 437 g/mol. The van der Waals surface area contributed by atoms with Gasteiger partial charge in [0, 0.05) is 11.8 Å². The Morgan fingerprint density at radius 3 is 2.60 bits per heavy atom. The zero-order valence-electron chi connectivity index (χ0n) is 15.7. The molecule has 3 heterocycles. The zero-order chi connectivity index (χ0) is 21.3. The first-order chi connectivity index (χ1) is 14.4. The molecular weight excluding hydrogens is 423 g/mol. The molecule has 3 aromatic heterocycles. The fourth-order valence-corrected chi connectivity index (χ4v) is 3.42. The molecule has 0 bridgehead atoms. The van der Waals surface area contributed by atoms with Gasteiger partial charge in [-0.15, -0.1) is 10.2 Å². The van der Waals surface area contributed by atoms with Crippen molar-refractivity contribution < 1.29 is 27.2 Å². The molecule has 0 aliphatic rings. The van der Waals surface area contributed by atoms with Gasteiger partial charge in [0.25, 0.3) is 0 Å². The van der Waals surface area contributed by atoms with E-state index >= 15 is 0 Å². The molecule has 0 aliphatic carbocycles. The molecule has 0 radical (unpaired) electrons. The number of thioether (sulfide) groups is 1. The summed E-state index contributed by atoms with van der Waals surface area (Å²) in [6.45, 7) is 0. The van der Waals surface area contributed by atoms with E-state index in [0.717, 1.165) is 24.0 Å². The van der Waals surface area contributed by atoms with Gasteiger partial charge in [0.2, 0.25) is 11.7 Å². The lowest BCUT2D eigenvalue weighted by molar-refractivity contribution is -0.137. The maximum atomic E-state index is 13.0. The number of hydrogen-bond donors (Lipinski definition) is 0. The number of methoxy groups -OCH3 is 2. The van der Waals surface area contributed by atoms with Crippen LogP contribution >= 0.6 is 11.8 Å². The summed E-state index contributed by atoms with van der Waals surface area (Å²) in [4.78, 5) is 4.32. The van der Waals surface area contributed by atoms with Crippen LogP contribution < -0.4 is 9.47 Å². The maximum absolute atomic E-state index is 13.0. The third-order valence-corrected chi connectivity index (χ3v) is 5.06. The Balaban J connectivity index is 1.53. The molecule has 0 saturated carbocycles. The highest BCUT2D eigenvalue weighted by Crippen LogP contribution is 2.32. The topological polar surface area (TPSA) is 87.6 Å². The second-order valence-electron chi connectivity index (χ2n) is 6.00. The van der Waals surface area contributed by atoms with Gasteiger partial charge in [0.15, 0.2) is 22.3 Å². The van der Waals surface area contributed by atoms with Gasteiger partial charge in [-0.25, -0.2) is 0 Å². The SMILES string of the molecule is COc1ccc(-c2noc(CSc3nnc4ccc(C(F)(F)F)cn34)n2)cc1OC. The van der Waals surface area contributed by atoms with Crippen molar-refractivity contribution in [2.24, 2.45) is 0 Å². The minimum absolute atomic E-state index is 0.206. The number of nitrogens with zero attached hydrogens (tertiary/aromatic N) is 5. The van der Waals surface area contributed by atoms with Crippen molar-refractivity contribution in [2.75, 3.05) is 14.2 Å². The summed E-state index contributed by atoms with van der Waals surface area (Å²) in [5, 5.41) is 12.0. The van der Waals surface area contributed by atoms with Crippen molar-refractivity contribution >= 4 is 17.4 Å². The van der Waals surface area contributed by atoms with Gasteiger partial charge < -0.3 is 14.0 Å². The second-order valence-corrected chi connectivity index (χ2v) is 6.94. The molecular formula is C18H14F3N5O3S. The van der Waals surface area contributed by atoms with Crippen LogP contribution in [0, 0.1) is 0 Å². The molecule has 0 unspecified atom stereocenters. The van der Waals surface area contributed by atoms with Crippen molar-refractivity contribution in [2.45, 2.75) is 17.1 Å². The average molecular weight is 437 g/mol. The Bertz CT molecular complexity index is 1190. The number of alkyl halides is 3. The van der Waals surface area contributed by atoms with Crippen LogP contribution in [0.25, 0.3) is 17.0 Å². The quantitative estimate of drug-likeness (QED) is 0.417. The highest BCUT2D eigenvalue weighted by Gasteiger charge is 2.31. The largest absolute Gasteiger partial charge is 0.493 e. The van der Waals surface area contributed by atoms with Crippen molar-refractivity contribution in [3.8, 4) is 22.9 Å². The van der Waals surface area contributed by atoms with Crippen molar-refractivity contribution in [3.05, 3.63) is 48.0 Å². The smallest absolute Gasteiger partial charge is 0.417 e. The molecule has 0 spiro atoms. The van der Waals surface area contributed by atoms with Crippen LogP contribution in [0.15, 0.2) is 46.2 Å². The van der Waals surface area contributed by atoms with Crippen LogP contribution in [0.4, 0.5) is 13.2 Å². The molecule has 1 aromatic carbocycles. The Morgan fingerprint density at radius 2 is 1.87 bits per heavy atom. The summed E-state index contributed by atoms with van der Waals surface area (Å²) >= 11 is 1.13. The van der Waals surface area contributed by atoms with Crippen LogP contribution in [0.5, 0.6) is 11.5 Å². The molecule has 0 N–H and O–H groups in total. The number of halogens is 3. The highest BCUT2D eigenvalue weighted by molar-refractivity contribution is 7.98. The molecule has 0 saturated heterocycles. The summed E-state index contributed by atoms with van der Waals surface area (Å²) < 4.78 is 55.9. The zero-order valence-corrected chi connectivity index (χ0v) is 16.5. The Kier molecular flexibility index (Phi) is 5.24. The summed E-state index contributed by atoms with van der Waals surface area (Å²) in [5.74, 6) is 1.92. The van der Waals surface area contributed by atoms with E-state index < -0.39 is 11.7 Å². The molecule has 0 amide bonds. The molecule has 4 rings (SSSR count). The fourth-order valence-electron chi connectivity index (χ4n) is 2.67. The first-order valence-corrected chi connectivity index (χ1v) is 9.47. The van der Waals surface area contributed by atoms with Gasteiger partial charge >= 0.3 is 6.18 Å². The molecule has 0 fully saturated rings. The van der Waals surface area contributed by atoms with Crippen LogP contribution in [0.1, 0.15) is 11.5 Å². The Labute approximate surface area is 172 Å². The summed E-state index contributed by atoms with van der Waals surface area (Å²) in [6, 6.07) is 7.42. The van der Waals surface area contributed by atoms with Gasteiger partial charge in [-0.3, -0.25) is 4.40 Å². The standard InChI is InChI=1S/C18H14F3N5O3S/c1-27-12-5-3-10(7-13(12)28-2)16-22-15(29-25-16)9-30-17-24-23-14-6-4-11(8-26(14)17)18(19,20)21/h3-8H,9H2,1-2H3. The van der Waals surface area contributed by atoms with Gasteiger partial charge in [0.1, 0.15) is 0 Å². The van der Waals surface area contributed by atoms with Crippen LogP contribution in [-0.4, -0.2) is 39.0 Å². The fraction of sp³-hybridized carbons (Fsp3) is 0.222. The second kappa shape index (κ2) is 7.86. The third kappa shape index (κ3) is 3.90. The number of aromatic nitrogens is 5. The van der Waals surface area contributed by atoms with E-state index in [1.54, 1.807) is 18.2 Å². The average Bonchev–Trinajstić information content (AvgIpc) is 3.37. The number of fused-ring (bicyclic) bond motifs is 1. The highest BCUT2D eigenvalue weighted by atomic mass is 32.2. The summed E-state index contributed by atoms with van der Waals surface area (Å²) in [5.41, 5.74) is 0.183. The minimum Gasteiger partial charge on any atom is -0.493 e. The Hall–Kier alpha value is -3.28. The first kappa shape index (κ1) is 20.0. The van der Waals surface area contributed by atoms with Crippen molar-refractivity contribution in [3.63, 3.8) is 0 Å². The van der Waals surface area contributed by atoms with E-state index in [9.17, 15) is 13.2 Å². The molecule has 0 aliphatic heterocycles. The van der Waals surface area contributed by atoms with E-state index in [0.29, 0.717) is 28.5 Å². The lowest BCUT2D eigenvalue weighted by Gasteiger charge is -2.07. The normalized spacial score (nSPS) is 11.8. The molecule has 0 atom stereocenters. The van der Waals surface area contributed by atoms with Gasteiger partial charge in [-0.1, -0.05) is 16.9 Å². The molecule has 156 valence electrons. The molecule has 8 nitrogen and oxygen atoms in total. The molecule has 4 aromatic rings. The lowest BCUT2D eigenvalue weighted by atomic mass is 10.2. The molecule has 30 heavy (non-hydrogen) atoms. The van der Waals surface area contributed by atoms with E-state index in [-0.39, 0.29) is 16.8 Å². The van der Waals surface area contributed by atoms with Crippen molar-refractivity contribution in [1.82, 2.24) is 24.7 Å². The van der Waals surface area contributed by atoms with Crippen LogP contribution in [0.3, 0.4) is 0 Å². The van der Waals surface area contributed by atoms with E-state index in [1.807, 2.05) is 0 Å². The molecule has 12 heteroatoms. The maximum Gasteiger partial charge on any atom is 0.417 e. The van der Waals surface area contributed by atoms with E-state index in [2.05, 4.69) is 20.3 Å². The van der Waals surface area contributed by atoms with E-state index in [4.69, 9.17) is 14.0 Å². The van der Waals surface area contributed by atoms with E-state index in [1.165, 1.54) is 24.7 Å². The Morgan fingerprint density at radius 1 is 1.07 bits per heavy atom.